The fourth-order valence-corrected chi connectivity index (χ4v) is 3.42. The summed E-state index contributed by atoms with van der Waals surface area (Å²) in [6.07, 6.45) is 0.815. The third-order valence-corrected chi connectivity index (χ3v) is 4.72. The Morgan fingerprint density at radius 2 is 2.20 bits per heavy atom. The van der Waals surface area contributed by atoms with Crippen molar-refractivity contribution < 1.29 is 14.0 Å². The molecule has 0 bridgehead atoms. The van der Waals surface area contributed by atoms with Crippen LogP contribution in [0, 0.1) is 6.92 Å². The van der Waals surface area contributed by atoms with Crippen molar-refractivity contribution in [1.82, 2.24) is 25.3 Å². The van der Waals surface area contributed by atoms with Crippen molar-refractivity contribution in [2.24, 2.45) is 0 Å². The van der Waals surface area contributed by atoms with E-state index < -0.39 is 0 Å². The number of piperazine rings is 1. The molecule has 1 saturated heterocycles. The number of carbonyl (C=O) groups excluding carboxylic acids is 2. The maximum atomic E-state index is 12.8. The largest absolute Gasteiger partial charge is 0.465 e. The van der Waals surface area contributed by atoms with Gasteiger partial charge in [-0.25, -0.2) is 0 Å². The molecule has 25 heavy (non-hydrogen) atoms. The Kier molecular flexibility index (Phi) is 4.04. The van der Waals surface area contributed by atoms with Gasteiger partial charge in [0, 0.05) is 43.9 Å². The summed E-state index contributed by atoms with van der Waals surface area (Å²) >= 11 is 0. The van der Waals surface area contributed by atoms with Gasteiger partial charge in [0.2, 0.25) is 5.91 Å². The van der Waals surface area contributed by atoms with E-state index in [4.69, 9.17) is 4.42 Å². The van der Waals surface area contributed by atoms with E-state index in [-0.39, 0.29) is 18.4 Å². The first-order chi connectivity index (χ1) is 12.1. The predicted molar refractivity (Wildman–Crippen MR) is 88.8 cm³/mol. The standard InChI is InChI=1S/C17H21N5O3/c1-11-2-3-12(25-11)8-21-6-4-14-13(9-21)16(20-19-14)17(24)22-7-5-18-15(23)10-22/h2-3H,4-10H2,1H3,(H,18,23)(H,19,20). The Morgan fingerprint density at radius 1 is 1.32 bits per heavy atom. The van der Waals surface area contributed by atoms with Crippen molar-refractivity contribution in [3.05, 3.63) is 40.6 Å². The van der Waals surface area contributed by atoms with Gasteiger partial charge in [-0.3, -0.25) is 19.6 Å². The van der Waals surface area contributed by atoms with Gasteiger partial charge in [0.05, 0.1) is 13.1 Å². The number of aromatic amines is 1. The minimum absolute atomic E-state index is 0.0931. The predicted octanol–water partition coefficient (Wildman–Crippen LogP) is 0.441. The molecule has 0 aromatic carbocycles. The van der Waals surface area contributed by atoms with E-state index in [9.17, 15) is 9.59 Å². The third kappa shape index (κ3) is 3.17. The Balaban J connectivity index is 1.50. The number of fused-ring (bicyclic) bond motifs is 1. The van der Waals surface area contributed by atoms with Crippen LogP contribution in [0.3, 0.4) is 0 Å². The molecule has 0 atom stereocenters. The number of amides is 2. The molecule has 2 amide bonds. The first-order valence-corrected chi connectivity index (χ1v) is 8.50. The van der Waals surface area contributed by atoms with Crippen molar-refractivity contribution in [2.75, 3.05) is 26.2 Å². The van der Waals surface area contributed by atoms with Gasteiger partial charge in [-0.15, -0.1) is 0 Å². The smallest absolute Gasteiger partial charge is 0.275 e. The Hall–Kier alpha value is -2.61. The summed E-state index contributed by atoms with van der Waals surface area (Å²) in [6.45, 7) is 5.26. The van der Waals surface area contributed by atoms with Crippen LogP contribution < -0.4 is 5.32 Å². The summed E-state index contributed by atoms with van der Waals surface area (Å²) < 4.78 is 5.66. The quantitative estimate of drug-likeness (QED) is 0.843. The number of hydrogen-bond donors (Lipinski definition) is 2. The molecule has 2 aromatic heterocycles. The number of aromatic nitrogens is 2. The molecule has 0 aliphatic carbocycles. The van der Waals surface area contributed by atoms with E-state index in [1.54, 1.807) is 4.90 Å². The molecule has 4 heterocycles. The molecule has 1 fully saturated rings. The van der Waals surface area contributed by atoms with E-state index in [2.05, 4.69) is 20.4 Å². The van der Waals surface area contributed by atoms with Crippen LogP contribution in [0.25, 0.3) is 0 Å². The summed E-state index contributed by atoms with van der Waals surface area (Å²) in [5, 5.41) is 9.97. The Labute approximate surface area is 145 Å². The van der Waals surface area contributed by atoms with E-state index in [1.807, 2.05) is 19.1 Å². The fourth-order valence-electron chi connectivity index (χ4n) is 3.42. The first kappa shape index (κ1) is 15.9. The Bertz CT molecular complexity index is 809. The topological polar surface area (TPSA) is 94.5 Å². The highest BCUT2D eigenvalue weighted by atomic mass is 16.3. The highest BCUT2D eigenvalue weighted by Gasteiger charge is 2.30. The maximum Gasteiger partial charge on any atom is 0.275 e. The number of H-pyrrole nitrogens is 1. The molecule has 8 heteroatoms. The first-order valence-electron chi connectivity index (χ1n) is 8.50. The lowest BCUT2D eigenvalue weighted by Crippen LogP contribution is -2.50. The number of hydrogen-bond acceptors (Lipinski definition) is 5. The minimum atomic E-state index is -0.178. The van der Waals surface area contributed by atoms with Gasteiger partial charge in [-0.1, -0.05) is 0 Å². The van der Waals surface area contributed by atoms with Crippen LogP contribution in [0.5, 0.6) is 0 Å². The second-order valence-corrected chi connectivity index (χ2v) is 6.58. The van der Waals surface area contributed by atoms with Gasteiger partial charge in [0.25, 0.3) is 5.91 Å². The lowest BCUT2D eigenvalue weighted by Gasteiger charge is -2.28. The molecule has 132 valence electrons. The van der Waals surface area contributed by atoms with Crippen molar-refractivity contribution in [1.29, 1.82) is 0 Å². The second kappa shape index (κ2) is 6.36. The van der Waals surface area contributed by atoms with Gasteiger partial charge < -0.3 is 14.6 Å². The summed E-state index contributed by atoms with van der Waals surface area (Å²) in [5.41, 5.74) is 2.38. The second-order valence-electron chi connectivity index (χ2n) is 6.58. The summed E-state index contributed by atoms with van der Waals surface area (Å²) in [6, 6.07) is 3.94. The van der Waals surface area contributed by atoms with E-state index in [1.165, 1.54) is 0 Å². The number of furan rings is 1. The SMILES string of the molecule is Cc1ccc(CN2CCc3[nH]nc(C(=O)N4CCNC(=O)C4)c3C2)o1. The van der Waals surface area contributed by atoms with Crippen LogP contribution in [-0.4, -0.2) is 58.0 Å². The monoisotopic (exact) mass is 343 g/mol. The van der Waals surface area contributed by atoms with Crippen molar-refractivity contribution in [3.63, 3.8) is 0 Å². The molecule has 0 unspecified atom stereocenters. The zero-order chi connectivity index (χ0) is 17.4. The van der Waals surface area contributed by atoms with Crippen LogP contribution >= 0.6 is 0 Å². The number of nitrogens with zero attached hydrogens (tertiary/aromatic N) is 3. The third-order valence-electron chi connectivity index (χ3n) is 4.72. The normalized spacial score (nSPS) is 18.1. The molecular weight excluding hydrogens is 322 g/mol. The zero-order valence-corrected chi connectivity index (χ0v) is 14.2. The molecule has 0 radical (unpaired) electrons. The van der Waals surface area contributed by atoms with Crippen molar-refractivity contribution in [3.8, 4) is 0 Å². The fraction of sp³-hybridized carbons (Fsp3) is 0.471. The van der Waals surface area contributed by atoms with E-state index in [0.717, 1.165) is 35.7 Å². The summed E-state index contributed by atoms with van der Waals surface area (Å²) in [4.78, 5) is 28.1. The number of carbonyl (C=O) groups is 2. The van der Waals surface area contributed by atoms with Crippen LogP contribution in [0.2, 0.25) is 0 Å². The average Bonchev–Trinajstić information content (AvgIpc) is 3.20. The van der Waals surface area contributed by atoms with E-state index in [0.29, 0.717) is 31.9 Å². The molecular formula is C17H21N5O3. The molecule has 2 N–H and O–H groups in total. The number of nitrogens with one attached hydrogen (secondary N) is 2. The van der Waals surface area contributed by atoms with Crippen LogP contribution in [0.15, 0.2) is 16.5 Å². The highest BCUT2D eigenvalue weighted by Crippen LogP contribution is 2.23. The Morgan fingerprint density at radius 3 is 2.96 bits per heavy atom. The van der Waals surface area contributed by atoms with Gasteiger partial charge in [-0.2, -0.15) is 5.10 Å². The zero-order valence-electron chi connectivity index (χ0n) is 14.2. The number of aryl methyl sites for hydroxylation is 1. The molecule has 2 aliphatic heterocycles. The molecule has 2 aromatic rings. The van der Waals surface area contributed by atoms with E-state index >= 15 is 0 Å². The maximum absolute atomic E-state index is 12.8. The van der Waals surface area contributed by atoms with Crippen molar-refractivity contribution >= 4 is 11.8 Å². The highest BCUT2D eigenvalue weighted by molar-refractivity contribution is 5.96. The molecule has 2 aliphatic rings. The van der Waals surface area contributed by atoms with Gasteiger partial charge in [-0.05, 0) is 19.1 Å². The number of rotatable bonds is 3. The van der Waals surface area contributed by atoms with Gasteiger partial charge in [0.15, 0.2) is 5.69 Å². The molecule has 8 nitrogen and oxygen atoms in total. The van der Waals surface area contributed by atoms with Gasteiger partial charge in [0.1, 0.15) is 11.5 Å². The van der Waals surface area contributed by atoms with Crippen LogP contribution in [-0.2, 0) is 24.3 Å². The van der Waals surface area contributed by atoms with Crippen LogP contribution in [0.1, 0.15) is 33.3 Å². The van der Waals surface area contributed by atoms with Gasteiger partial charge >= 0.3 is 0 Å². The summed E-state index contributed by atoms with van der Waals surface area (Å²) in [7, 11) is 0. The summed E-state index contributed by atoms with van der Waals surface area (Å²) in [5.74, 6) is 1.52. The molecule has 0 saturated carbocycles. The molecule has 0 spiro atoms. The minimum Gasteiger partial charge on any atom is -0.465 e. The van der Waals surface area contributed by atoms with Crippen LogP contribution in [0.4, 0.5) is 0 Å². The lowest BCUT2D eigenvalue weighted by atomic mass is 10.0. The molecule has 4 rings (SSSR count). The van der Waals surface area contributed by atoms with Crippen molar-refractivity contribution in [2.45, 2.75) is 26.4 Å². The average molecular weight is 343 g/mol. The lowest BCUT2D eigenvalue weighted by molar-refractivity contribution is -0.123.